The number of alkyl halides is 6. The van der Waals surface area contributed by atoms with E-state index in [2.05, 4.69) is 0 Å². The molecule has 152 valence electrons. The zero-order chi connectivity index (χ0) is 19.7. The van der Waals surface area contributed by atoms with E-state index < -0.39 is 82.4 Å². The van der Waals surface area contributed by atoms with Gasteiger partial charge in [0.15, 0.2) is 0 Å². The number of hydrogen-bond acceptors (Lipinski definition) is 1. The van der Waals surface area contributed by atoms with Gasteiger partial charge in [-0.2, -0.15) is 0 Å². The Hall–Kier alpha value is -0.230. The Bertz CT molecular complexity index is 381. The SMILES string of the molecule is CC(CF)(CF)CC(CF)CP(=O)(O)CC(CF)CC(C)(CF)CF. The molecule has 0 saturated carbocycles. The summed E-state index contributed by atoms with van der Waals surface area (Å²) in [6, 6.07) is 0. The molecule has 0 aliphatic rings. The van der Waals surface area contributed by atoms with Gasteiger partial charge in [-0.3, -0.25) is 30.9 Å². The lowest BCUT2D eigenvalue weighted by atomic mass is 9.84. The smallest absolute Gasteiger partial charge is 0.201 e. The van der Waals surface area contributed by atoms with Gasteiger partial charge in [-0.15, -0.1) is 0 Å². The molecule has 0 saturated heterocycles. The highest BCUT2D eigenvalue weighted by atomic mass is 31.2. The summed E-state index contributed by atoms with van der Waals surface area (Å²) in [5, 5.41) is 0. The van der Waals surface area contributed by atoms with Crippen molar-refractivity contribution in [2.75, 3.05) is 52.4 Å². The predicted octanol–water partition coefficient (Wildman–Crippen LogP) is 5.10. The van der Waals surface area contributed by atoms with Crippen LogP contribution in [0.2, 0.25) is 0 Å². The minimum atomic E-state index is -4.02. The number of rotatable bonds is 14. The van der Waals surface area contributed by atoms with E-state index in [-0.39, 0.29) is 12.8 Å². The van der Waals surface area contributed by atoms with E-state index in [4.69, 9.17) is 0 Å². The van der Waals surface area contributed by atoms with Crippen molar-refractivity contribution >= 4 is 7.37 Å². The maximum absolute atomic E-state index is 13.1. The zero-order valence-corrected chi connectivity index (χ0v) is 15.7. The number of hydrogen-bond donors (Lipinski definition) is 1. The summed E-state index contributed by atoms with van der Waals surface area (Å²) >= 11 is 0. The van der Waals surface area contributed by atoms with Crippen LogP contribution in [0.1, 0.15) is 26.7 Å². The van der Waals surface area contributed by atoms with Gasteiger partial charge in [0, 0.05) is 23.2 Å². The molecule has 0 aromatic rings. The van der Waals surface area contributed by atoms with Gasteiger partial charge in [0.2, 0.25) is 7.37 Å². The maximum atomic E-state index is 13.1. The lowest BCUT2D eigenvalue weighted by molar-refractivity contribution is 0.128. The molecule has 0 aromatic heterocycles. The molecule has 9 heteroatoms. The zero-order valence-electron chi connectivity index (χ0n) is 14.8. The van der Waals surface area contributed by atoms with Crippen molar-refractivity contribution in [2.24, 2.45) is 22.7 Å². The minimum absolute atomic E-state index is 0.256. The normalized spacial score (nSPS) is 18.0. The summed E-state index contributed by atoms with van der Waals surface area (Å²) in [6.45, 7) is -3.66. The molecule has 25 heavy (non-hydrogen) atoms. The molecule has 0 aromatic carbocycles. The van der Waals surface area contributed by atoms with Gasteiger partial charge < -0.3 is 4.89 Å². The van der Waals surface area contributed by atoms with Gasteiger partial charge >= 0.3 is 0 Å². The van der Waals surface area contributed by atoms with Crippen molar-refractivity contribution in [1.82, 2.24) is 0 Å². The highest BCUT2D eigenvalue weighted by Crippen LogP contribution is 2.48. The Labute approximate surface area is 145 Å². The minimum Gasteiger partial charge on any atom is -0.344 e. The van der Waals surface area contributed by atoms with Crippen LogP contribution in [0.3, 0.4) is 0 Å². The first kappa shape index (κ1) is 24.8. The molecule has 0 bridgehead atoms. The van der Waals surface area contributed by atoms with E-state index in [9.17, 15) is 35.8 Å². The summed E-state index contributed by atoms with van der Waals surface area (Å²) in [6.07, 6.45) is -1.60. The summed E-state index contributed by atoms with van der Waals surface area (Å²) in [5.74, 6) is -2.08. The van der Waals surface area contributed by atoms with Crippen molar-refractivity contribution in [1.29, 1.82) is 0 Å². The van der Waals surface area contributed by atoms with Crippen LogP contribution in [0.15, 0.2) is 0 Å². The van der Waals surface area contributed by atoms with Crippen LogP contribution in [0.5, 0.6) is 0 Å². The monoisotopic (exact) mass is 398 g/mol. The fraction of sp³-hybridized carbons (Fsp3) is 1.00. The van der Waals surface area contributed by atoms with Crippen LogP contribution in [0, 0.1) is 22.7 Å². The van der Waals surface area contributed by atoms with Crippen LogP contribution in [0.25, 0.3) is 0 Å². The summed E-state index contributed by atoms with van der Waals surface area (Å²) < 4.78 is 90.1. The van der Waals surface area contributed by atoms with Gasteiger partial charge in [0.05, 0.1) is 40.0 Å². The van der Waals surface area contributed by atoms with Crippen molar-refractivity contribution in [3.05, 3.63) is 0 Å². The lowest BCUT2D eigenvalue weighted by Gasteiger charge is -2.30. The fourth-order valence-corrected chi connectivity index (χ4v) is 5.12. The Morgan fingerprint density at radius 2 is 1.04 bits per heavy atom. The first-order valence-electron chi connectivity index (χ1n) is 8.19. The third-order valence-corrected chi connectivity index (χ3v) is 6.55. The van der Waals surface area contributed by atoms with E-state index >= 15 is 0 Å². The van der Waals surface area contributed by atoms with Crippen LogP contribution in [0.4, 0.5) is 26.3 Å². The third-order valence-electron chi connectivity index (χ3n) is 4.38. The van der Waals surface area contributed by atoms with Gasteiger partial charge in [-0.1, -0.05) is 13.8 Å². The second-order valence-electron chi connectivity index (χ2n) is 7.82. The van der Waals surface area contributed by atoms with Gasteiger partial charge in [0.1, 0.15) is 0 Å². The Morgan fingerprint density at radius 1 is 0.760 bits per heavy atom. The molecule has 0 amide bonds. The quantitative estimate of drug-likeness (QED) is 0.327. The van der Waals surface area contributed by atoms with Gasteiger partial charge in [-0.05, 0) is 24.7 Å². The second kappa shape index (κ2) is 10.8. The molecule has 2 unspecified atom stereocenters. The van der Waals surface area contributed by atoms with Crippen molar-refractivity contribution in [3.63, 3.8) is 0 Å². The molecule has 0 spiro atoms. The average molecular weight is 398 g/mol. The second-order valence-corrected chi connectivity index (χ2v) is 10.2. The molecule has 0 rings (SSSR count). The first-order chi connectivity index (χ1) is 11.5. The van der Waals surface area contributed by atoms with E-state index in [0.717, 1.165) is 0 Å². The highest BCUT2D eigenvalue weighted by Gasteiger charge is 2.36. The van der Waals surface area contributed by atoms with Crippen molar-refractivity contribution < 1.29 is 35.8 Å². The first-order valence-corrected chi connectivity index (χ1v) is 10.2. The molecule has 0 radical (unpaired) electrons. The largest absolute Gasteiger partial charge is 0.344 e. The number of halogens is 6. The topological polar surface area (TPSA) is 37.3 Å². The highest BCUT2D eigenvalue weighted by molar-refractivity contribution is 7.58. The van der Waals surface area contributed by atoms with Gasteiger partial charge in [-0.25, -0.2) is 0 Å². The molecule has 2 atom stereocenters. The Balaban J connectivity index is 4.94. The van der Waals surface area contributed by atoms with Crippen LogP contribution < -0.4 is 0 Å². The molecule has 1 N–H and O–H groups in total. The predicted molar refractivity (Wildman–Crippen MR) is 87.8 cm³/mol. The molecule has 0 fully saturated rings. The van der Waals surface area contributed by atoms with E-state index in [0.29, 0.717) is 0 Å². The van der Waals surface area contributed by atoms with E-state index in [1.54, 1.807) is 0 Å². The molecular weight excluding hydrogens is 369 g/mol. The van der Waals surface area contributed by atoms with Crippen molar-refractivity contribution in [2.45, 2.75) is 26.7 Å². The summed E-state index contributed by atoms with van der Waals surface area (Å²) in [5.41, 5.74) is -2.87. The molecule has 0 heterocycles. The van der Waals surface area contributed by atoms with Crippen LogP contribution >= 0.6 is 7.37 Å². The Kier molecular flexibility index (Phi) is 10.7. The standard InChI is InChI=1S/C16H29F6O2P/c1-15(9-19,10-20)3-13(5-17)7-25(23,24)8-14(6-18)4-16(2,11-21)12-22/h13-14H,3-12H2,1-2H3,(H,23,24). The Morgan fingerprint density at radius 3 is 1.24 bits per heavy atom. The van der Waals surface area contributed by atoms with Crippen LogP contribution in [-0.4, -0.2) is 57.3 Å². The third kappa shape index (κ3) is 8.80. The average Bonchev–Trinajstić information content (AvgIpc) is 2.59. The maximum Gasteiger partial charge on any atom is 0.201 e. The fourth-order valence-electron chi connectivity index (χ4n) is 2.90. The summed E-state index contributed by atoms with van der Waals surface area (Å²) in [4.78, 5) is 10.0. The van der Waals surface area contributed by atoms with Gasteiger partial charge in [0.25, 0.3) is 0 Å². The lowest BCUT2D eigenvalue weighted by Crippen LogP contribution is -2.30. The van der Waals surface area contributed by atoms with Crippen molar-refractivity contribution in [3.8, 4) is 0 Å². The summed E-state index contributed by atoms with van der Waals surface area (Å²) in [7, 11) is -4.02. The van der Waals surface area contributed by atoms with Crippen LogP contribution in [-0.2, 0) is 4.57 Å². The van der Waals surface area contributed by atoms with E-state index in [1.807, 2.05) is 0 Å². The molecule has 0 aliphatic heterocycles. The molecule has 0 aliphatic carbocycles. The molecule has 2 nitrogen and oxygen atoms in total. The molecular formula is C16H29F6O2P. The van der Waals surface area contributed by atoms with E-state index in [1.165, 1.54) is 13.8 Å².